The number of amides is 1. The number of aliphatic hydroxyl groups is 1. The minimum Gasteiger partial charge on any atom is -0.393 e. The number of ether oxygens (including phenoxy) is 1. The van der Waals surface area contributed by atoms with Crippen LogP contribution in [0, 0.1) is 6.92 Å². The van der Waals surface area contributed by atoms with Crippen molar-refractivity contribution in [1.29, 1.82) is 0 Å². The maximum Gasteiger partial charge on any atom is 0.254 e. The van der Waals surface area contributed by atoms with Crippen LogP contribution in [0.3, 0.4) is 0 Å². The fourth-order valence-corrected chi connectivity index (χ4v) is 4.60. The van der Waals surface area contributed by atoms with E-state index >= 15 is 0 Å². The van der Waals surface area contributed by atoms with Crippen LogP contribution in [0.4, 0.5) is 0 Å². The smallest absolute Gasteiger partial charge is 0.254 e. The van der Waals surface area contributed by atoms with Crippen molar-refractivity contribution in [2.45, 2.75) is 30.8 Å². The predicted octanol–water partition coefficient (Wildman–Crippen LogP) is 0.613. The topological polar surface area (TPSA) is 87.2 Å². The lowest BCUT2D eigenvalue weighted by molar-refractivity contribution is 0.0545. The Morgan fingerprint density at radius 3 is 2.44 bits per heavy atom. The average Bonchev–Trinajstić information content (AvgIpc) is 2.63. The van der Waals surface area contributed by atoms with Gasteiger partial charge in [-0.1, -0.05) is 6.07 Å². The van der Waals surface area contributed by atoms with E-state index in [1.54, 1.807) is 24.0 Å². The molecule has 1 amide bonds. The summed E-state index contributed by atoms with van der Waals surface area (Å²) in [4.78, 5) is 14.6. The number of benzene rings is 1. The largest absolute Gasteiger partial charge is 0.393 e. The van der Waals surface area contributed by atoms with Gasteiger partial charge in [-0.2, -0.15) is 4.31 Å². The Bertz CT molecular complexity index is 735. The van der Waals surface area contributed by atoms with Crippen LogP contribution in [0.2, 0.25) is 0 Å². The molecule has 138 valence electrons. The number of likely N-dealkylation sites (tertiary alicyclic amines) is 1. The molecule has 0 radical (unpaired) electrons. The molecule has 1 aromatic carbocycles. The highest BCUT2D eigenvalue weighted by atomic mass is 32.2. The molecular formula is C17H24N2O5S. The molecule has 0 unspecified atom stereocenters. The van der Waals surface area contributed by atoms with E-state index in [2.05, 4.69) is 0 Å². The number of hydrogen-bond donors (Lipinski definition) is 1. The first kappa shape index (κ1) is 18.3. The summed E-state index contributed by atoms with van der Waals surface area (Å²) < 4.78 is 32.2. The van der Waals surface area contributed by atoms with Crippen LogP contribution in [0.15, 0.2) is 23.1 Å². The predicted molar refractivity (Wildman–Crippen MR) is 91.9 cm³/mol. The minimum atomic E-state index is -3.63. The van der Waals surface area contributed by atoms with Gasteiger partial charge in [-0.05, 0) is 37.5 Å². The van der Waals surface area contributed by atoms with E-state index in [1.807, 2.05) is 0 Å². The number of sulfonamides is 1. The molecule has 1 N–H and O–H groups in total. The highest BCUT2D eigenvalue weighted by Gasteiger charge is 2.29. The zero-order valence-corrected chi connectivity index (χ0v) is 15.2. The fraction of sp³-hybridized carbons (Fsp3) is 0.588. The molecule has 2 aliphatic rings. The summed E-state index contributed by atoms with van der Waals surface area (Å²) in [7, 11) is -3.63. The molecular weight excluding hydrogens is 344 g/mol. The lowest BCUT2D eigenvalue weighted by atomic mass is 10.0. The Morgan fingerprint density at radius 2 is 1.80 bits per heavy atom. The van der Waals surface area contributed by atoms with Gasteiger partial charge in [0.1, 0.15) is 0 Å². The number of aryl methyl sites for hydroxylation is 1. The van der Waals surface area contributed by atoms with Crippen LogP contribution in [-0.4, -0.2) is 74.1 Å². The molecule has 0 atom stereocenters. The maximum atomic E-state index is 12.8. The number of aliphatic hydroxyl groups excluding tert-OH is 1. The third-order valence-electron chi connectivity index (χ3n) is 4.80. The van der Waals surface area contributed by atoms with Gasteiger partial charge in [0.25, 0.3) is 5.91 Å². The van der Waals surface area contributed by atoms with Crippen LogP contribution < -0.4 is 0 Å². The molecule has 0 aromatic heterocycles. The second-order valence-corrected chi connectivity index (χ2v) is 8.45. The van der Waals surface area contributed by atoms with E-state index < -0.39 is 10.0 Å². The molecule has 1 aromatic rings. The SMILES string of the molecule is Cc1ccc(S(=O)(=O)N2CCOCC2)cc1C(=O)N1CCC(O)CC1. The maximum absolute atomic E-state index is 12.8. The highest BCUT2D eigenvalue weighted by Crippen LogP contribution is 2.23. The van der Waals surface area contributed by atoms with Crippen LogP contribution in [-0.2, 0) is 14.8 Å². The van der Waals surface area contributed by atoms with Crippen molar-refractivity contribution in [3.05, 3.63) is 29.3 Å². The Kier molecular flexibility index (Phi) is 5.43. The van der Waals surface area contributed by atoms with Crippen molar-refractivity contribution in [1.82, 2.24) is 9.21 Å². The second kappa shape index (κ2) is 7.41. The number of hydrogen-bond acceptors (Lipinski definition) is 5. The monoisotopic (exact) mass is 368 g/mol. The van der Waals surface area contributed by atoms with Gasteiger partial charge in [-0.25, -0.2) is 8.42 Å². The first-order valence-corrected chi connectivity index (χ1v) is 9.99. The number of morpholine rings is 1. The Labute approximate surface area is 148 Å². The molecule has 2 saturated heterocycles. The van der Waals surface area contributed by atoms with E-state index in [1.165, 1.54) is 10.4 Å². The number of carbonyl (C=O) groups excluding carboxylic acids is 1. The van der Waals surface area contributed by atoms with Gasteiger partial charge in [-0.15, -0.1) is 0 Å². The quantitative estimate of drug-likeness (QED) is 0.845. The molecule has 2 heterocycles. The van der Waals surface area contributed by atoms with Gasteiger partial charge in [0.05, 0.1) is 24.2 Å². The van der Waals surface area contributed by atoms with Crippen molar-refractivity contribution < 1.29 is 23.1 Å². The normalized spacial score (nSPS) is 20.6. The van der Waals surface area contributed by atoms with Gasteiger partial charge in [-0.3, -0.25) is 4.79 Å². The van der Waals surface area contributed by atoms with Gasteiger partial charge >= 0.3 is 0 Å². The molecule has 2 aliphatic heterocycles. The average molecular weight is 368 g/mol. The first-order valence-electron chi connectivity index (χ1n) is 8.55. The van der Waals surface area contributed by atoms with Gasteiger partial charge in [0, 0.05) is 31.7 Å². The standard InChI is InChI=1S/C17H24N2O5S/c1-13-2-3-15(25(22,23)19-8-10-24-11-9-19)12-16(13)17(21)18-6-4-14(20)5-7-18/h2-3,12,14,20H,4-11H2,1H3. The highest BCUT2D eigenvalue weighted by molar-refractivity contribution is 7.89. The number of rotatable bonds is 3. The van der Waals surface area contributed by atoms with E-state index in [4.69, 9.17) is 4.74 Å². The summed E-state index contributed by atoms with van der Waals surface area (Å²) in [6, 6.07) is 4.71. The summed E-state index contributed by atoms with van der Waals surface area (Å²) in [5.41, 5.74) is 1.16. The molecule has 0 spiro atoms. The van der Waals surface area contributed by atoms with Gasteiger partial charge < -0.3 is 14.7 Å². The van der Waals surface area contributed by atoms with E-state index in [0.717, 1.165) is 5.56 Å². The third kappa shape index (κ3) is 3.87. The zero-order chi connectivity index (χ0) is 18.0. The summed E-state index contributed by atoms with van der Waals surface area (Å²) in [5.74, 6) is -0.177. The van der Waals surface area contributed by atoms with Crippen LogP contribution in [0.5, 0.6) is 0 Å². The molecule has 8 heteroatoms. The van der Waals surface area contributed by atoms with Crippen molar-refractivity contribution in [3.8, 4) is 0 Å². The molecule has 0 aliphatic carbocycles. The second-order valence-electron chi connectivity index (χ2n) is 6.52. The molecule has 3 rings (SSSR count). The molecule has 2 fully saturated rings. The number of carbonyl (C=O) groups is 1. The zero-order valence-electron chi connectivity index (χ0n) is 14.3. The van der Waals surface area contributed by atoms with Crippen LogP contribution in [0.25, 0.3) is 0 Å². The summed E-state index contributed by atoms with van der Waals surface area (Å²) in [6.07, 6.45) is 0.741. The Morgan fingerprint density at radius 1 is 1.16 bits per heavy atom. The molecule has 25 heavy (non-hydrogen) atoms. The molecule has 7 nitrogen and oxygen atoms in total. The van der Waals surface area contributed by atoms with Crippen LogP contribution in [0.1, 0.15) is 28.8 Å². The molecule has 0 bridgehead atoms. The van der Waals surface area contributed by atoms with E-state index in [0.29, 0.717) is 57.8 Å². The van der Waals surface area contributed by atoms with Crippen molar-refractivity contribution in [2.75, 3.05) is 39.4 Å². The van der Waals surface area contributed by atoms with E-state index in [-0.39, 0.29) is 16.9 Å². The number of piperidine rings is 1. The third-order valence-corrected chi connectivity index (χ3v) is 6.69. The Balaban J connectivity index is 1.86. The Hall–Kier alpha value is -1.48. The van der Waals surface area contributed by atoms with Crippen LogP contribution >= 0.6 is 0 Å². The minimum absolute atomic E-state index is 0.139. The summed E-state index contributed by atoms with van der Waals surface area (Å²) in [6.45, 7) is 4.18. The fourth-order valence-electron chi connectivity index (χ4n) is 3.17. The molecule has 0 saturated carbocycles. The van der Waals surface area contributed by atoms with E-state index in [9.17, 15) is 18.3 Å². The summed E-state index contributed by atoms with van der Waals surface area (Å²) in [5, 5.41) is 9.60. The van der Waals surface area contributed by atoms with Crippen molar-refractivity contribution in [3.63, 3.8) is 0 Å². The van der Waals surface area contributed by atoms with Crippen molar-refractivity contribution >= 4 is 15.9 Å². The van der Waals surface area contributed by atoms with Gasteiger partial charge in [0.2, 0.25) is 10.0 Å². The summed E-state index contributed by atoms with van der Waals surface area (Å²) >= 11 is 0. The lowest BCUT2D eigenvalue weighted by Gasteiger charge is -2.30. The van der Waals surface area contributed by atoms with Crippen molar-refractivity contribution in [2.24, 2.45) is 0 Å². The number of nitrogens with zero attached hydrogens (tertiary/aromatic N) is 2. The first-order chi connectivity index (χ1) is 11.9. The van der Waals surface area contributed by atoms with Gasteiger partial charge in [0.15, 0.2) is 0 Å². The lowest BCUT2D eigenvalue weighted by Crippen LogP contribution is -2.41.